The molecule has 2 rings (SSSR count). The molecule has 2 N–H and O–H groups in total. The van der Waals surface area contributed by atoms with E-state index in [2.05, 4.69) is 31.2 Å². The first kappa shape index (κ1) is 12.7. The number of anilines is 1. The third kappa shape index (κ3) is 3.35. The summed E-state index contributed by atoms with van der Waals surface area (Å²) in [7, 11) is 0. The molecule has 0 bridgehead atoms. The van der Waals surface area contributed by atoms with Gasteiger partial charge in [0.05, 0.1) is 6.61 Å². The highest BCUT2D eigenvalue weighted by Gasteiger charge is 2.15. The lowest BCUT2D eigenvalue weighted by molar-refractivity contribution is -0.134. The molecule has 2 aromatic rings. The number of nitrogens with one attached hydrogen (secondary N) is 2. The molecule has 0 fully saturated rings. The number of benzene rings is 1. The molecule has 1 heterocycles. The van der Waals surface area contributed by atoms with Crippen LogP contribution in [-0.4, -0.2) is 38.9 Å². The zero-order valence-electron chi connectivity index (χ0n) is 10.2. The third-order valence-electron chi connectivity index (χ3n) is 2.13. The summed E-state index contributed by atoms with van der Waals surface area (Å²) >= 11 is 0. The number of carbonyl (C=O) groups excluding carboxylic acids is 1. The van der Waals surface area contributed by atoms with E-state index >= 15 is 0 Å². The third-order valence-corrected chi connectivity index (χ3v) is 2.13. The van der Waals surface area contributed by atoms with Crippen LogP contribution < -0.4 is 5.43 Å². The number of hydrogen-bond acceptors (Lipinski definition) is 7. The maximum Gasteiger partial charge on any atom is 0.359 e. The van der Waals surface area contributed by atoms with Crippen molar-refractivity contribution in [2.45, 2.75) is 6.92 Å². The van der Waals surface area contributed by atoms with Crippen LogP contribution in [0.3, 0.4) is 0 Å². The molecule has 0 saturated carbocycles. The molecule has 0 spiro atoms. The highest BCUT2D eigenvalue weighted by atomic mass is 16.5. The number of rotatable bonds is 5. The van der Waals surface area contributed by atoms with E-state index in [0.29, 0.717) is 5.56 Å². The van der Waals surface area contributed by atoms with Crippen LogP contribution in [-0.2, 0) is 9.53 Å². The summed E-state index contributed by atoms with van der Waals surface area (Å²) in [5, 5.41) is 16.9. The summed E-state index contributed by atoms with van der Waals surface area (Å²) < 4.78 is 4.95. The number of nitrogens with zero attached hydrogens (tertiary/aromatic N) is 4. The predicted octanol–water partition coefficient (Wildman–Crippen LogP) is 0.579. The van der Waals surface area contributed by atoms with Crippen molar-refractivity contribution < 1.29 is 9.53 Å². The smallest absolute Gasteiger partial charge is 0.359 e. The Hall–Kier alpha value is -2.77. The van der Waals surface area contributed by atoms with Crippen molar-refractivity contribution in [1.29, 1.82) is 0 Å². The van der Waals surface area contributed by atoms with E-state index in [9.17, 15) is 4.79 Å². The highest BCUT2D eigenvalue weighted by Crippen LogP contribution is 2.04. The first-order chi connectivity index (χ1) is 9.31. The second-order valence-electron chi connectivity index (χ2n) is 3.39. The minimum Gasteiger partial charge on any atom is -0.461 e. The quantitative estimate of drug-likeness (QED) is 0.463. The highest BCUT2D eigenvalue weighted by molar-refractivity contribution is 6.43. The number of aromatic amines is 1. The summed E-state index contributed by atoms with van der Waals surface area (Å²) in [5.41, 5.74) is 3.32. The van der Waals surface area contributed by atoms with Crippen LogP contribution in [0, 0.1) is 0 Å². The summed E-state index contributed by atoms with van der Waals surface area (Å²) in [4.78, 5) is 11.8. The summed E-state index contributed by atoms with van der Waals surface area (Å²) in [6, 6.07) is 8.97. The molecular weight excluding hydrogens is 249 g/mol. The Balaban J connectivity index is 2.24. The van der Waals surface area contributed by atoms with Crippen molar-refractivity contribution in [3.05, 3.63) is 35.9 Å². The van der Waals surface area contributed by atoms with Gasteiger partial charge in [0, 0.05) is 5.56 Å². The van der Waals surface area contributed by atoms with Gasteiger partial charge in [-0.05, 0) is 12.1 Å². The van der Waals surface area contributed by atoms with E-state index in [1.54, 1.807) is 31.2 Å². The van der Waals surface area contributed by atoms with Crippen molar-refractivity contribution in [3.8, 4) is 0 Å². The van der Waals surface area contributed by atoms with E-state index in [0.717, 1.165) is 0 Å². The lowest BCUT2D eigenvalue weighted by Crippen LogP contribution is -2.20. The Morgan fingerprint density at radius 3 is 2.84 bits per heavy atom. The van der Waals surface area contributed by atoms with Crippen LogP contribution in [0.15, 0.2) is 35.4 Å². The molecule has 0 saturated heterocycles. The molecule has 0 radical (unpaired) electrons. The normalized spacial score (nSPS) is 11.1. The number of esters is 1. The lowest BCUT2D eigenvalue weighted by Gasteiger charge is -2.05. The summed E-state index contributed by atoms with van der Waals surface area (Å²) in [5.74, 6) is -0.359. The van der Waals surface area contributed by atoms with Gasteiger partial charge in [0.15, 0.2) is 5.71 Å². The number of aromatic nitrogens is 4. The first-order valence-corrected chi connectivity index (χ1v) is 5.61. The standard InChI is InChI=1S/C11H12N6O2/c1-2-19-10(18)9(8-6-4-3-5-7-8)12-13-11-14-16-17-15-11/h3-7H,2H2,1H3,(H2,13,14,15,16,17)/b12-9+/i16+1. The van der Waals surface area contributed by atoms with Crippen molar-refractivity contribution in [2.75, 3.05) is 12.0 Å². The number of ether oxygens (including phenoxy) is 1. The van der Waals surface area contributed by atoms with Gasteiger partial charge in [-0.1, -0.05) is 35.4 Å². The topological polar surface area (TPSA) is 105 Å². The largest absolute Gasteiger partial charge is 0.461 e. The molecule has 8 nitrogen and oxygen atoms in total. The number of tetrazole rings is 1. The van der Waals surface area contributed by atoms with Crippen LogP contribution in [0.1, 0.15) is 12.5 Å². The SMILES string of the molecule is CCOC(=O)/C(=N/Nc1nn[15nH]n1)c1ccccc1. The Labute approximate surface area is 108 Å². The number of carbonyl (C=O) groups is 1. The van der Waals surface area contributed by atoms with Crippen molar-refractivity contribution in [2.24, 2.45) is 5.10 Å². The molecular formula is C11H12N6O2. The Bertz CT molecular complexity index is 552. The van der Waals surface area contributed by atoms with Gasteiger partial charge in [-0.3, -0.25) is 0 Å². The maximum absolute atomic E-state index is 11.8. The minimum atomic E-state index is -0.523. The molecule has 0 aliphatic carbocycles. The van der Waals surface area contributed by atoms with Crippen LogP contribution in [0.25, 0.3) is 0 Å². The molecule has 19 heavy (non-hydrogen) atoms. The van der Waals surface area contributed by atoms with Crippen LogP contribution in [0.5, 0.6) is 0 Å². The molecule has 1 aromatic heterocycles. The molecule has 0 amide bonds. The zero-order valence-corrected chi connectivity index (χ0v) is 10.2. The van der Waals surface area contributed by atoms with Gasteiger partial charge in [0.25, 0.3) is 5.95 Å². The van der Waals surface area contributed by atoms with Crippen LogP contribution in [0.2, 0.25) is 0 Å². The van der Waals surface area contributed by atoms with Crippen molar-refractivity contribution in [3.63, 3.8) is 0 Å². The predicted molar refractivity (Wildman–Crippen MR) is 67.4 cm³/mol. The van der Waals surface area contributed by atoms with Crippen molar-refractivity contribution in [1.82, 2.24) is 20.6 Å². The van der Waals surface area contributed by atoms with Gasteiger partial charge < -0.3 is 4.74 Å². The Morgan fingerprint density at radius 1 is 1.42 bits per heavy atom. The van der Waals surface area contributed by atoms with Gasteiger partial charge in [0.1, 0.15) is 0 Å². The average molecular weight is 261 g/mol. The van der Waals surface area contributed by atoms with Crippen molar-refractivity contribution >= 4 is 17.6 Å². The second-order valence-corrected chi connectivity index (χ2v) is 3.39. The van der Waals surface area contributed by atoms with E-state index < -0.39 is 5.97 Å². The first-order valence-electron chi connectivity index (χ1n) is 5.61. The summed E-state index contributed by atoms with van der Waals surface area (Å²) in [6.45, 7) is 2.00. The van der Waals surface area contributed by atoms with E-state index in [1.807, 2.05) is 6.07 Å². The zero-order chi connectivity index (χ0) is 13.5. The van der Waals surface area contributed by atoms with Gasteiger partial charge >= 0.3 is 5.97 Å². The molecule has 0 aliphatic rings. The van der Waals surface area contributed by atoms with Gasteiger partial charge in [-0.25, -0.2) is 10.2 Å². The van der Waals surface area contributed by atoms with Gasteiger partial charge in [-0.2, -0.15) is 10.3 Å². The molecule has 1 aromatic carbocycles. The molecule has 0 atom stereocenters. The number of hydrazone groups is 1. The second kappa shape index (κ2) is 6.24. The Morgan fingerprint density at radius 2 is 2.21 bits per heavy atom. The fourth-order valence-corrected chi connectivity index (χ4v) is 1.34. The number of hydrogen-bond donors (Lipinski definition) is 2. The monoisotopic (exact) mass is 261 g/mol. The lowest BCUT2D eigenvalue weighted by atomic mass is 10.1. The Kier molecular flexibility index (Phi) is 4.17. The minimum absolute atomic E-state index is 0.146. The number of H-pyrrole nitrogens is 1. The van der Waals surface area contributed by atoms with Crippen LogP contribution in [0.4, 0.5) is 5.95 Å². The maximum atomic E-state index is 11.8. The fourth-order valence-electron chi connectivity index (χ4n) is 1.34. The van der Waals surface area contributed by atoms with E-state index in [4.69, 9.17) is 4.74 Å². The van der Waals surface area contributed by atoms with Gasteiger partial charge in [-0.15, -0.1) is 5.10 Å². The fraction of sp³-hybridized carbons (Fsp3) is 0.182. The average Bonchev–Trinajstić information content (AvgIpc) is 2.94. The van der Waals surface area contributed by atoms with E-state index in [-0.39, 0.29) is 18.3 Å². The van der Waals surface area contributed by atoms with Gasteiger partial charge in [0.2, 0.25) is 0 Å². The molecule has 0 unspecified atom stereocenters. The molecule has 8 heteroatoms. The summed E-state index contributed by atoms with van der Waals surface area (Å²) in [6.07, 6.45) is 0. The van der Waals surface area contributed by atoms with E-state index in [1.165, 1.54) is 0 Å². The van der Waals surface area contributed by atoms with Crippen LogP contribution >= 0.6 is 0 Å². The molecule has 98 valence electrons. The molecule has 0 aliphatic heterocycles.